The Morgan fingerprint density at radius 1 is 1.42 bits per heavy atom. The summed E-state index contributed by atoms with van der Waals surface area (Å²) in [7, 11) is 0. The fraction of sp³-hybridized carbons (Fsp3) is 0.533. The van der Waals surface area contributed by atoms with Crippen LogP contribution < -0.4 is 10.6 Å². The Hall–Kier alpha value is -1.55. The standard InChI is InChI=1S/C15H22N4/c1-2-12-6-5-11-18(12)15-13(8-9-16)19-10-4-3-7-14(19)17-15/h3-4,7,10,12H,2,5-6,8-9,11,16H2,1H3. The molecule has 1 unspecified atom stereocenters. The van der Waals surface area contributed by atoms with Gasteiger partial charge < -0.3 is 15.0 Å². The molecule has 1 aliphatic heterocycles. The number of hydrogen-bond donors (Lipinski definition) is 1. The molecule has 4 nitrogen and oxygen atoms in total. The highest BCUT2D eigenvalue weighted by Crippen LogP contribution is 2.30. The van der Waals surface area contributed by atoms with E-state index in [1.165, 1.54) is 25.0 Å². The maximum atomic E-state index is 5.79. The van der Waals surface area contributed by atoms with Gasteiger partial charge in [-0.2, -0.15) is 0 Å². The van der Waals surface area contributed by atoms with Gasteiger partial charge in [-0.15, -0.1) is 0 Å². The largest absolute Gasteiger partial charge is 0.352 e. The Morgan fingerprint density at radius 2 is 2.32 bits per heavy atom. The van der Waals surface area contributed by atoms with Crippen molar-refractivity contribution in [3.05, 3.63) is 30.1 Å². The van der Waals surface area contributed by atoms with E-state index in [4.69, 9.17) is 10.7 Å². The molecule has 4 heteroatoms. The number of imidazole rings is 1. The molecule has 0 bridgehead atoms. The summed E-state index contributed by atoms with van der Waals surface area (Å²) in [4.78, 5) is 7.33. The normalized spacial score (nSPS) is 19.5. The summed E-state index contributed by atoms with van der Waals surface area (Å²) in [6.45, 7) is 4.06. The average Bonchev–Trinajstić information content (AvgIpc) is 3.03. The summed E-state index contributed by atoms with van der Waals surface area (Å²) >= 11 is 0. The van der Waals surface area contributed by atoms with E-state index in [0.717, 1.165) is 24.4 Å². The predicted octanol–water partition coefficient (Wildman–Crippen LogP) is 2.21. The molecular formula is C15H22N4. The molecule has 3 heterocycles. The Labute approximate surface area is 114 Å². The number of nitrogens with zero attached hydrogens (tertiary/aromatic N) is 3. The minimum atomic E-state index is 0.640. The topological polar surface area (TPSA) is 46.6 Å². The second kappa shape index (κ2) is 5.21. The van der Waals surface area contributed by atoms with Gasteiger partial charge in [-0.25, -0.2) is 4.98 Å². The third-order valence-electron chi connectivity index (χ3n) is 4.11. The van der Waals surface area contributed by atoms with E-state index < -0.39 is 0 Å². The zero-order chi connectivity index (χ0) is 13.2. The van der Waals surface area contributed by atoms with Crippen molar-refractivity contribution in [1.82, 2.24) is 9.38 Å². The molecule has 1 fully saturated rings. The van der Waals surface area contributed by atoms with E-state index >= 15 is 0 Å². The van der Waals surface area contributed by atoms with Crippen LogP contribution in [-0.2, 0) is 6.42 Å². The summed E-state index contributed by atoms with van der Waals surface area (Å²) in [5.74, 6) is 1.15. The van der Waals surface area contributed by atoms with E-state index in [-0.39, 0.29) is 0 Å². The molecule has 1 aliphatic rings. The highest BCUT2D eigenvalue weighted by atomic mass is 15.3. The van der Waals surface area contributed by atoms with Crippen molar-refractivity contribution in [3.63, 3.8) is 0 Å². The molecule has 0 saturated carbocycles. The lowest BCUT2D eigenvalue weighted by atomic mass is 10.1. The summed E-state index contributed by atoms with van der Waals surface area (Å²) in [5, 5.41) is 0. The number of hydrogen-bond acceptors (Lipinski definition) is 3. The van der Waals surface area contributed by atoms with Gasteiger partial charge in [0.25, 0.3) is 0 Å². The molecule has 0 radical (unpaired) electrons. The van der Waals surface area contributed by atoms with Crippen molar-refractivity contribution >= 4 is 11.5 Å². The Kier molecular flexibility index (Phi) is 3.42. The van der Waals surface area contributed by atoms with E-state index in [9.17, 15) is 0 Å². The highest BCUT2D eigenvalue weighted by Gasteiger charge is 2.27. The molecule has 1 atom stereocenters. The molecule has 0 amide bonds. The van der Waals surface area contributed by atoms with E-state index in [2.05, 4.69) is 34.6 Å². The molecule has 0 aliphatic carbocycles. The van der Waals surface area contributed by atoms with Gasteiger partial charge in [-0.05, 0) is 37.9 Å². The van der Waals surface area contributed by atoms with Gasteiger partial charge in [0.2, 0.25) is 0 Å². The smallest absolute Gasteiger partial charge is 0.151 e. The lowest BCUT2D eigenvalue weighted by molar-refractivity contribution is 0.639. The number of nitrogens with two attached hydrogens (primary N) is 1. The first kappa shape index (κ1) is 12.5. The van der Waals surface area contributed by atoms with Crippen molar-refractivity contribution < 1.29 is 0 Å². The second-order valence-corrected chi connectivity index (χ2v) is 5.25. The van der Waals surface area contributed by atoms with Crippen LogP contribution in [0.5, 0.6) is 0 Å². The van der Waals surface area contributed by atoms with Crippen LogP contribution in [0.15, 0.2) is 24.4 Å². The predicted molar refractivity (Wildman–Crippen MR) is 78.6 cm³/mol. The Bertz CT molecular complexity index is 560. The first-order valence-corrected chi connectivity index (χ1v) is 7.27. The van der Waals surface area contributed by atoms with Gasteiger partial charge in [-0.1, -0.05) is 13.0 Å². The minimum absolute atomic E-state index is 0.640. The van der Waals surface area contributed by atoms with Gasteiger partial charge >= 0.3 is 0 Å². The first-order valence-electron chi connectivity index (χ1n) is 7.27. The Morgan fingerprint density at radius 3 is 3.11 bits per heavy atom. The molecule has 3 rings (SSSR count). The molecule has 1 saturated heterocycles. The van der Waals surface area contributed by atoms with E-state index in [1.54, 1.807) is 0 Å². The number of rotatable bonds is 4. The van der Waals surface area contributed by atoms with Crippen molar-refractivity contribution in [2.45, 2.75) is 38.6 Å². The van der Waals surface area contributed by atoms with Gasteiger partial charge in [-0.3, -0.25) is 0 Å². The first-order chi connectivity index (χ1) is 9.35. The van der Waals surface area contributed by atoms with E-state index in [0.29, 0.717) is 12.6 Å². The quantitative estimate of drug-likeness (QED) is 0.914. The van der Waals surface area contributed by atoms with Crippen LogP contribution in [0.1, 0.15) is 31.9 Å². The zero-order valence-electron chi connectivity index (χ0n) is 11.5. The van der Waals surface area contributed by atoms with Gasteiger partial charge in [0.15, 0.2) is 5.82 Å². The second-order valence-electron chi connectivity index (χ2n) is 5.25. The Balaban J connectivity index is 2.08. The molecule has 0 aromatic carbocycles. The summed E-state index contributed by atoms with van der Waals surface area (Å²) in [6, 6.07) is 6.81. The summed E-state index contributed by atoms with van der Waals surface area (Å²) in [6.07, 6.45) is 6.72. The average molecular weight is 258 g/mol. The molecule has 2 aromatic rings. The summed E-state index contributed by atoms with van der Waals surface area (Å²) < 4.78 is 2.19. The monoisotopic (exact) mass is 258 g/mol. The molecule has 19 heavy (non-hydrogen) atoms. The van der Waals surface area contributed by atoms with Gasteiger partial charge in [0, 0.05) is 25.2 Å². The maximum absolute atomic E-state index is 5.79. The molecule has 102 valence electrons. The molecule has 2 N–H and O–H groups in total. The minimum Gasteiger partial charge on any atom is -0.352 e. The van der Waals surface area contributed by atoms with Gasteiger partial charge in [0.05, 0.1) is 5.69 Å². The number of pyridine rings is 1. The van der Waals surface area contributed by atoms with Crippen molar-refractivity contribution in [1.29, 1.82) is 0 Å². The molecular weight excluding hydrogens is 236 g/mol. The fourth-order valence-corrected chi connectivity index (χ4v) is 3.17. The highest BCUT2D eigenvalue weighted by molar-refractivity contribution is 5.57. The van der Waals surface area contributed by atoms with Crippen LogP contribution >= 0.6 is 0 Å². The number of fused-ring (bicyclic) bond motifs is 1. The third-order valence-corrected chi connectivity index (χ3v) is 4.11. The third kappa shape index (κ3) is 2.10. The lowest BCUT2D eigenvalue weighted by Crippen LogP contribution is -2.30. The van der Waals surface area contributed by atoms with Crippen LogP contribution in [0.4, 0.5) is 5.82 Å². The lowest BCUT2D eigenvalue weighted by Gasteiger charge is -2.24. The van der Waals surface area contributed by atoms with Crippen LogP contribution in [0.25, 0.3) is 5.65 Å². The van der Waals surface area contributed by atoms with Crippen LogP contribution in [0.3, 0.4) is 0 Å². The molecule has 2 aromatic heterocycles. The van der Waals surface area contributed by atoms with Crippen LogP contribution in [0.2, 0.25) is 0 Å². The number of anilines is 1. The number of aromatic nitrogens is 2. The van der Waals surface area contributed by atoms with Crippen LogP contribution in [-0.4, -0.2) is 28.5 Å². The molecule has 0 spiro atoms. The summed E-state index contributed by atoms with van der Waals surface area (Å²) in [5.41, 5.74) is 8.08. The van der Waals surface area contributed by atoms with E-state index in [1.807, 2.05) is 6.07 Å². The maximum Gasteiger partial charge on any atom is 0.151 e. The van der Waals surface area contributed by atoms with Crippen LogP contribution in [0, 0.1) is 0 Å². The van der Waals surface area contributed by atoms with Crippen molar-refractivity contribution in [3.8, 4) is 0 Å². The zero-order valence-corrected chi connectivity index (χ0v) is 11.5. The fourth-order valence-electron chi connectivity index (χ4n) is 3.17. The van der Waals surface area contributed by atoms with Crippen molar-refractivity contribution in [2.75, 3.05) is 18.0 Å². The SMILES string of the molecule is CCC1CCCN1c1nc2ccccn2c1CCN. The van der Waals surface area contributed by atoms with Gasteiger partial charge in [0.1, 0.15) is 5.65 Å². The van der Waals surface area contributed by atoms with Crippen molar-refractivity contribution in [2.24, 2.45) is 5.73 Å².